The van der Waals surface area contributed by atoms with E-state index in [4.69, 9.17) is 14.6 Å². The third-order valence-electron chi connectivity index (χ3n) is 3.59. The first-order valence-electron chi connectivity index (χ1n) is 7.26. The second-order valence-electron chi connectivity index (χ2n) is 5.40. The van der Waals surface area contributed by atoms with E-state index in [0.29, 0.717) is 0 Å². The quantitative estimate of drug-likeness (QED) is 0.498. The second-order valence-corrected chi connectivity index (χ2v) is 5.40. The maximum atomic E-state index is 9.92. The zero-order valence-corrected chi connectivity index (χ0v) is 12.3. The van der Waals surface area contributed by atoms with E-state index in [1.54, 1.807) is 12.1 Å². The molecule has 1 aromatic rings. The van der Waals surface area contributed by atoms with Crippen molar-refractivity contribution in [2.45, 2.75) is 50.5 Å². The van der Waals surface area contributed by atoms with Crippen molar-refractivity contribution >= 4 is 0 Å². The smallest absolute Gasteiger partial charge is 0.229 e. The molecule has 22 heavy (non-hydrogen) atoms. The lowest BCUT2D eigenvalue weighted by Crippen LogP contribution is -2.60. The number of benzene rings is 1. The summed E-state index contributed by atoms with van der Waals surface area (Å²) in [5.41, 5.74) is 0.863. The van der Waals surface area contributed by atoms with Crippen molar-refractivity contribution in [3.8, 4) is 11.5 Å². The van der Waals surface area contributed by atoms with E-state index >= 15 is 0 Å². The number of ether oxygens (including phenoxy) is 2. The van der Waals surface area contributed by atoms with E-state index in [1.165, 1.54) is 6.07 Å². The van der Waals surface area contributed by atoms with E-state index in [1.807, 2.05) is 6.92 Å². The second kappa shape index (κ2) is 7.26. The van der Waals surface area contributed by atoms with E-state index in [9.17, 15) is 20.4 Å². The van der Waals surface area contributed by atoms with Crippen molar-refractivity contribution in [3.63, 3.8) is 0 Å². The van der Waals surface area contributed by atoms with Gasteiger partial charge in [-0.15, -0.1) is 0 Å². The van der Waals surface area contributed by atoms with Crippen molar-refractivity contribution in [3.05, 3.63) is 23.8 Å². The summed E-state index contributed by atoms with van der Waals surface area (Å²) in [4.78, 5) is 0. The molecule has 0 bridgehead atoms. The standard InChI is InChI=1S/C15H22O7/c1-2-3-8-4-9(17)6-10(5-8)21-15-14(20)13(19)12(18)11(7-16)22-15/h4-6,11-20H,2-3,7H2,1H3/t11-,12-,13+,14-,15-/m1/s1. The summed E-state index contributed by atoms with van der Waals surface area (Å²) in [6.07, 6.45) is -5.05. The molecule has 0 saturated carbocycles. The topological polar surface area (TPSA) is 120 Å². The first-order valence-corrected chi connectivity index (χ1v) is 7.26. The Bertz CT molecular complexity index is 491. The highest BCUT2D eigenvalue weighted by molar-refractivity contribution is 5.37. The summed E-state index contributed by atoms with van der Waals surface area (Å²) >= 11 is 0. The molecule has 5 atom stereocenters. The molecule has 1 heterocycles. The molecule has 1 aliphatic heterocycles. The maximum absolute atomic E-state index is 9.92. The van der Waals surface area contributed by atoms with E-state index in [0.717, 1.165) is 18.4 Å². The zero-order valence-electron chi connectivity index (χ0n) is 12.3. The van der Waals surface area contributed by atoms with Gasteiger partial charge in [-0.3, -0.25) is 0 Å². The molecular formula is C15H22O7. The van der Waals surface area contributed by atoms with Gasteiger partial charge in [0.15, 0.2) is 0 Å². The van der Waals surface area contributed by atoms with Crippen LogP contribution < -0.4 is 4.74 Å². The molecule has 0 unspecified atom stereocenters. The highest BCUT2D eigenvalue weighted by atomic mass is 16.7. The number of hydrogen-bond donors (Lipinski definition) is 5. The lowest BCUT2D eigenvalue weighted by atomic mass is 9.99. The third-order valence-corrected chi connectivity index (χ3v) is 3.59. The maximum Gasteiger partial charge on any atom is 0.229 e. The highest BCUT2D eigenvalue weighted by Gasteiger charge is 2.44. The fourth-order valence-corrected chi connectivity index (χ4v) is 2.44. The Morgan fingerprint density at radius 2 is 1.82 bits per heavy atom. The number of aliphatic hydroxyl groups is 4. The minimum absolute atomic E-state index is 0.0190. The normalized spacial score (nSPS) is 32.0. The lowest BCUT2D eigenvalue weighted by Gasteiger charge is -2.39. The molecule has 7 nitrogen and oxygen atoms in total. The predicted octanol–water partition coefficient (Wildman–Crippen LogP) is -0.477. The molecule has 1 saturated heterocycles. The van der Waals surface area contributed by atoms with Crippen molar-refractivity contribution in [1.82, 2.24) is 0 Å². The van der Waals surface area contributed by atoms with Gasteiger partial charge in [-0.25, -0.2) is 0 Å². The van der Waals surface area contributed by atoms with Crippen LogP contribution >= 0.6 is 0 Å². The molecule has 1 fully saturated rings. The van der Waals surface area contributed by atoms with Gasteiger partial charge in [0.2, 0.25) is 6.29 Å². The fraction of sp³-hybridized carbons (Fsp3) is 0.600. The summed E-state index contributed by atoms with van der Waals surface area (Å²) in [5, 5.41) is 48.2. The van der Waals surface area contributed by atoms with Crippen molar-refractivity contribution in [1.29, 1.82) is 0 Å². The third kappa shape index (κ3) is 3.68. The summed E-state index contributed by atoms with van der Waals surface area (Å²) in [7, 11) is 0. The lowest BCUT2D eigenvalue weighted by molar-refractivity contribution is -0.277. The monoisotopic (exact) mass is 314 g/mol. The van der Waals surface area contributed by atoms with Gasteiger partial charge in [0.25, 0.3) is 0 Å². The van der Waals surface area contributed by atoms with Gasteiger partial charge in [0.05, 0.1) is 6.61 Å². The average Bonchev–Trinajstić information content (AvgIpc) is 2.47. The minimum Gasteiger partial charge on any atom is -0.508 e. The molecule has 0 aliphatic carbocycles. The first-order chi connectivity index (χ1) is 10.5. The van der Waals surface area contributed by atoms with Crippen LogP contribution in [-0.2, 0) is 11.2 Å². The number of aromatic hydroxyl groups is 1. The Kier molecular flexibility index (Phi) is 5.60. The SMILES string of the molecule is CCCc1cc(O)cc(O[C@@H]2O[C@H](CO)[C@@H](O)[C@H](O)[C@H]2O)c1. The van der Waals surface area contributed by atoms with Crippen LogP contribution in [-0.4, -0.2) is 62.8 Å². The minimum atomic E-state index is -1.50. The summed E-state index contributed by atoms with van der Waals surface area (Å²) in [6.45, 7) is 1.48. The number of aryl methyl sites for hydroxylation is 1. The zero-order chi connectivity index (χ0) is 16.3. The molecule has 2 rings (SSSR count). The van der Waals surface area contributed by atoms with Gasteiger partial charge in [0, 0.05) is 6.07 Å². The average molecular weight is 314 g/mol. The van der Waals surface area contributed by atoms with E-state index in [-0.39, 0.29) is 11.5 Å². The molecule has 1 aliphatic rings. The Morgan fingerprint density at radius 3 is 2.45 bits per heavy atom. The molecule has 1 aromatic carbocycles. The molecule has 0 amide bonds. The van der Waals surface area contributed by atoms with Crippen LogP contribution in [0.4, 0.5) is 0 Å². The van der Waals surface area contributed by atoms with Crippen molar-refractivity contribution < 1.29 is 35.0 Å². The van der Waals surface area contributed by atoms with Crippen LogP contribution in [0, 0.1) is 0 Å². The molecule has 7 heteroatoms. The highest BCUT2D eigenvalue weighted by Crippen LogP contribution is 2.27. The van der Waals surface area contributed by atoms with Gasteiger partial charge in [-0.05, 0) is 24.1 Å². The van der Waals surface area contributed by atoms with Gasteiger partial charge in [0.1, 0.15) is 35.9 Å². The van der Waals surface area contributed by atoms with Crippen LogP contribution in [0.3, 0.4) is 0 Å². The molecular weight excluding hydrogens is 292 g/mol. The van der Waals surface area contributed by atoms with Gasteiger partial charge < -0.3 is 35.0 Å². The van der Waals surface area contributed by atoms with E-state index in [2.05, 4.69) is 0 Å². The Hall–Kier alpha value is -1.38. The predicted molar refractivity (Wildman–Crippen MR) is 76.5 cm³/mol. The Labute approximate surface area is 128 Å². The summed E-state index contributed by atoms with van der Waals surface area (Å²) in [6, 6.07) is 4.68. The molecule has 0 radical (unpaired) electrons. The molecule has 5 N–H and O–H groups in total. The van der Waals surface area contributed by atoms with Crippen LogP contribution in [0.2, 0.25) is 0 Å². The van der Waals surface area contributed by atoms with Gasteiger partial charge in [-0.2, -0.15) is 0 Å². The Balaban J connectivity index is 2.15. The molecule has 0 aromatic heterocycles. The number of rotatable bonds is 5. The molecule has 124 valence electrons. The van der Waals surface area contributed by atoms with Crippen LogP contribution in [0.15, 0.2) is 18.2 Å². The Morgan fingerprint density at radius 1 is 1.09 bits per heavy atom. The number of aliphatic hydroxyl groups excluding tert-OH is 4. The van der Waals surface area contributed by atoms with Crippen molar-refractivity contribution in [2.75, 3.05) is 6.61 Å². The van der Waals surface area contributed by atoms with Crippen LogP contribution in [0.5, 0.6) is 11.5 Å². The first kappa shape index (κ1) is 17.0. The number of phenols is 1. The van der Waals surface area contributed by atoms with Crippen LogP contribution in [0.25, 0.3) is 0 Å². The van der Waals surface area contributed by atoms with Gasteiger partial charge >= 0.3 is 0 Å². The van der Waals surface area contributed by atoms with E-state index < -0.39 is 37.3 Å². The summed E-state index contributed by atoms with van der Waals surface area (Å²) < 4.78 is 10.7. The fourth-order valence-electron chi connectivity index (χ4n) is 2.44. The van der Waals surface area contributed by atoms with Gasteiger partial charge in [-0.1, -0.05) is 13.3 Å². The van der Waals surface area contributed by atoms with Crippen LogP contribution in [0.1, 0.15) is 18.9 Å². The summed E-state index contributed by atoms with van der Waals surface area (Å²) in [5.74, 6) is 0.290. The number of phenolic OH excluding ortho intramolecular Hbond substituents is 1. The largest absolute Gasteiger partial charge is 0.508 e. The molecule has 0 spiro atoms. The number of hydrogen-bond acceptors (Lipinski definition) is 7. The van der Waals surface area contributed by atoms with Crippen molar-refractivity contribution in [2.24, 2.45) is 0 Å².